The normalized spacial score (nSPS) is 12.5. The molecule has 0 saturated heterocycles. The maximum atomic E-state index is 13.0. The number of nitrogens with zero attached hydrogens (tertiary/aromatic N) is 1. The van der Waals surface area contributed by atoms with Crippen LogP contribution in [0.25, 0.3) is 0 Å². The van der Waals surface area contributed by atoms with E-state index in [1.807, 2.05) is 6.92 Å². The van der Waals surface area contributed by atoms with E-state index in [9.17, 15) is 4.39 Å². The van der Waals surface area contributed by atoms with Crippen LogP contribution in [0.15, 0.2) is 18.3 Å². The Labute approximate surface area is 82.1 Å². The van der Waals surface area contributed by atoms with Gasteiger partial charge in [0.05, 0.1) is 0 Å². The Kier molecular flexibility index (Phi) is 3.96. The standard InChI is InChI=1S/C9H12ClFN2/c1-7(10)4-6-13-9-8(11)3-2-5-12-9/h2-3,5,7H,4,6H2,1H3,(H,12,13). The molecule has 1 rings (SSSR count). The van der Waals surface area contributed by atoms with Crippen molar-refractivity contribution in [3.05, 3.63) is 24.1 Å². The third kappa shape index (κ3) is 3.59. The summed E-state index contributed by atoms with van der Waals surface area (Å²) in [5.41, 5.74) is 0. The van der Waals surface area contributed by atoms with Crippen molar-refractivity contribution >= 4 is 17.4 Å². The minimum atomic E-state index is -0.329. The number of pyridine rings is 1. The second-order valence-corrected chi connectivity index (χ2v) is 3.58. The second-order valence-electron chi connectivity index (χ2n) is 2.83. The lowest BCUT2D eigenvalue weighted by Gasteiger charge is -2.06. The van der Waals surface area contributed by atoms with Crippen LogP contribution in [0.3, 0.4) is 0 Å². The van der Waals surface area contributed by atoms with E-state index in [0.29, 0.717) is 12.4 Å². The van der Waals surface area contributed by atoms with Gasteiger partial charge in [0.1, 0.15) is 0 Å². The number of nitrogens with one attached hydrogen (secondary N) is 1. The van der Waals surface area contributed by atoms with E-state index in [1.54, 1.807) is 12.3 Å². The smallest absolute Gasteiger partial charge is 0.165 e. The zero-order valence-electron chi connectivity index (χ0n) is 7.43. The Morgan fingerprint density at radius 3 is 3.08 bits per heavy atom. The van der Waals surface area contributed by atoms with Crippen LogP contribution in [0.1, 0.15) is 13.3 Å². The highest BCUT2D eigenvalue weighted by Gasteiger charge is 2.01. The van der Waals surface area contributed by atoms with Gasteiger partial charge in [0, 0.05) is 18.1 Å². The van der Waals surface area contributed by atoms with Gasteiger partial charge >= 0.3 is 0 Å². The average Bonchev–Trinajstić information content (AvgIpc) is 2.08. The van der Waals surface area contributed by atoms with Crippen LogP contribution in [-0.4, -0.2) is 16.9 Å². The highest BCUT2D eigenvalue weighted by molar-refractivity contribution is 6.20. The highest BCUT2D eigenvalue weighted by atomic mass is 35.5. The van der Waals surface area contributed by atoms with Crippen LogP contribution in [0.5, 0.6) is 0 Å². The van der Waals surface area contributed by atoms with E-state index >= 15 is 0 Å². The van der Waals surface area contributed by atoms with E-state index < -0.39 is 0 Å². The van der Waals surface area contributed by atoms with Crippen LogP contribution in [-0.2, 0) is 0 Å². The molecule has 1 unspecified atom stereocenters. The van der Waals surface area contributed by atoms with Crippen LogP contribution in [0.2, 0.25) is 0 Å². The first-order valence-corrected chi connectivity index (χ1v) is 4.62. The monoisotopic (exact) mass is 202 g/mol. The zero-order valence-corrected chi connectivity index (χ0v) is 8.18. The first kappa shape index (κ1) is 10.3. The molecule has 1 N–H and O–H groups in total. The van der Waals surface area contributed by atoms with Crippen LogP contribution >= 0.6 is 11.6 Å². The molecule has 1 atom stereocenters. The molecule has 1 aromatic heterocycles. The zero-order chi connectivity index (χ0) is 9.68. The van der Waals surface area contributed by atoms with Crippen molar-refractivity contribution < 1.29 is 4.39 Å². The number of anilines is 1. The van der Waals surface area contributed by atoms with E-state index in [2.05, 4.69) is 10.3 Å². The van der Waals surface area contributed by atoms with E-state index in [4.69, 9.17) is 11.6 Å². The summed E-state index contributed by atoms with van der Waals surface area (Å²) in [6.45, 7) is 2.54. The minimum Gasteiger partial charge on any atom is -0.368 e. The molecule has 0 bridgehead atoms. The fraction of sp³-hybridized carbons (Fsp3) is 0.444. The third-order valence-corrected chi connectivity index (χ3v) is 1.81. The molecule has 0 amide bonds. The first-order chi connectivity index (χ1) is 6.20. The van der Waals surface area contributed by atoms with Crippen molar-refractivity contribution in [2.45, 2.75) is 18.7 Å². The summed E-state index contributed by atoms with van der Waals surface area (Å²) in [6, 6.07) is 2.93. The fourth-order valence-electron chi connectivity index (χ4n) is 0.905. The van der Waals surface area contributed by atoms with Crippen LogP contribution < -0.4 is 5.32 Å². The van der Waals surface area contributed by atoms with Crippen molar-refractivity contribution in [3.63, 3.8) is 0 Å². The van der Waals surface area contributed by atoms with Gasteiger partial charge in [-0.05, 0) is 25.5 Å². The summed E-state index contributed by atoms with van der Waals surface area (Å²) in [6.07, 6.45) is 2.34. The van der Waals surface area contributed by atoms with Crippen molar-refractivity contribution in [2.24, 2.45) is 0 Å². The van der Waals surface area contributed by atoms with Gasteiger partial charge in [-0.15, -0.1) is 11.6 Å². The Morgan fingerprint density at radius 2 is 2.46 bits per heavy atom. The first-order valence-electron chi connectivity index (χ1n) is 4.18. The Bertz CT molecular complexity index is 266. The summed E-state index contributed by atoms with van der Waals surface area (Å²) in [4.78, 5) is 3.85. The molecule has 0 spiro atoms. The summed E-state index contributed by atoms with van der Waals surface area (Å²) in [5.74, 6) is -0.0375. The molecule has 0 radical (unpaired) electrons. The molecule has 72 valence electrons. The molecule has 2 nitrogen and oxygen atoms in total. The molecule has 0 aromatic carbocycles. The molecule has 0 aliphatic carbocycles. The Balaban J connectivity index is 2.41. The van der Waals surface area contributed by atoms with Crippen molar-refractivity contribution in [1.29, 1.82) is 0 Å². The molecule has 1 heterocycles. The largest absolute Gasteiger partial charge is 0.368 e. The van der Waals surface area contributed by atoms with Gasteiger partial charge < -0.3 is 5.32 Å². The minimum absolute atomic E-state index is 0.0965. The van der Waals surface area contributed by atoms with Crippen LogP contribution in [0, 0.1) is 5.82 Å². The van der Waals surface area contributed by atoms with Crippen LogP contribution in [0.4, 0.5) is 10.2 Å². The predicted molar refractivity (Wildman–Crippen MR) is 52.6 cm³/mol. The molecule has 0 aliphatic heterocycles. The highest BCUT2D eigenvalue weighted by Crippen LogP contribution is 2.09. The fourth-order valence-corrected chi connectivity index (χ4v) is 1.01. The number of hydrogen-bond acceptors (Lipinski definition) is 2. The third-order valence-electron chi connectivity index (χ3n) is 1.59. The summed E-state index contributed by atoms with van der Waals surface area (Å²) < 4.78 is 13.0. The molecule has 0 saturated carbocycles. The van der Waals surface area contributed by atoms with Gasteiger partial charge in [0.25, 0.3) is 0 Å². The van der Waals surface area contributed by atoms with Crippen molar-refractivity contribution in [1.82, 2.24) is 4.98 Å². The maximum absolute atomic E-state index is 13.0. The average molecular weight is 203 g/mol. The number of alkyl halides is 1. The Morgan fingerprint density at radius 1 is 1.69 bits per heavy atom. The van der Waals surface area contributed by atoms with Gasteiger partial charge in [-0.25, -0.2) is 9.37 Å². The molecule has 13 heavy (non-hydrogen) atoms. The quantitative estimate of drug-likeness (QED) is 0.760. The predicted octanol–water partition coefficient (Wildman–Crippen LogP) is 2.65. The maximum Gasteiger partial charge on any atom is 0.165 e. The van der Waals surface area contributed by atoms with E-state index in [0.717, 1.165) is 6.42 Å². The van der Waals surface area contributed by atoms with Gasteiger partial charge in [0.15, 0.2) is 11.6 Å². The molecule has 0 fully saturated rings. The van der Waals surface area contributed by atoms with E-state index in [1.165, 1.54) is 6.07 Å². The topological polar surface area (TPSA) is 24.9 Å². The second kappa shape index (κ2) is 5.02. The summed E-state index contributed by atoms with van der Waals surface area (Å²) >= 11 is 5.73. The number of aromatic nitrogens is 1. The molecule has 4 heteroatoms. The van der Waals surface area contributed by atoms with Crippen molar-refractivity contribution in [2.75, 3.05) is 11.9 Å². The van der Waals surface area contributed by atoms with E-state index in [-0.39, 0.29) is 11.2 Å². The molecule has 0 aliphatic rings. The lowest BCUT2D eigenvalue weighted by Crippen LogP contribution is -2.08. The van der Waals surface area contributed by atoms with Gasteiger partial charge in [0.2, 0.25) is 0 Å². The SMILES string of the molecule is CC(Cl)CCNc1ncccc1F. The van der Waals surface area contributed by atoms with Gasteiger partial charge in [-0.2, -0.15) is 0 Å². The number of rotatable bonds is 4. The van der Waals surface area contributed by atoms with Crippen molar-refractivity contribution in [3.8, 4) is 0 Å². The summed E-state index contributed by atoms with van der Waals surface area (Å²) in [7, 11) is 0. The Hall–Kier alpha value is -0.830. The summed E-state index contributed by atoms with van der Waals surface area (Å²) in [5, 5.41) is 2.97. The number of halogens is 2. The molecular weight excluding hydrogens is 191 g/mol. The van der Waals surface area contributed by atoms with Gasteiger partial charge in [-0.3, -0.25) is 0 Å². The lowest BCUT2D eigenvalue weighted by atomic mass is 10.3. The number of hydrogen-bond donors (Lipinski definition) is 1. The molecule has 1 aromatic rings. The lowest BCUT2D eigenvalue weighted by molar-refractivity contribution is 0.623. The molecular formula is C9H12ClFN2. The van der Waals surface area contributed by atoms with Gasteiger partial charge in [-0.1, -0.05) is 0 Å².